The SMILES string of the molecule is CCCS(=O)(=O)C(=C(Nc1ccc2ccccc2c1)Nc1ccc2ccccc2c1)S(=O)(=O)CCC. The summed E-state index contributed by atoms with van der Waals surface area (Å²) in [5.41, 5.74) is 1.15. The maximum atomic E-state index is 13.4. The van der Waals surface area contributed by atoms with Crippen LogP contribution in [0.1, 0.15) is 26.7 Å². The first-order valence-electron chi connectivity index (χ1n) is 11.9. The van der Waals surface area contributed by atoms with Crippen LogP contribution in [0.4, 0.5) is 11.4 Å². The lowest BCUT2D eigenvalue weighted by atomic mass is 10.1. The van der Waals surface area contributed by atoms with Crippen molar-refractivity contribution in [2.45, 2.75) is 26.7 Å². The highest BCUT2D eigenvalue weighted by atomic mass is 32.3. The minimum atomic E-state index is -4.11. The Morgan fingerprint density at radius 3 is 1.36 bits per heavy atom. The monoisotopic (exact) mass is 522 g/mol. The molecule has 0 saturated carbocycles. The van der Waals surface area contributed by atoms with Gasteiger partial charge in [0.1, 0.15) is 5.82 Å². The lowest BCUT2D eigenvalue weighted by molar-refractivity contribution is 0.593. The van der Waals surface area contributed by atoms with Crippen molar-refractivity contribution >= 4 is 52.6 Å². The maximum absolute atomic E-state index is 13.4. The molecule has 188 valence electrons. The Morgan fingerprint density at radius 1 is 0.583 bits per heavy atom. The summed E-state index contributed by atoms with van der Waals surface area (Å²) in [6, 6.07) is 26.7. The van der Waals surface area contributed by atoms with Crippen LogP contribution in [0.25, 0.3) is 21.5 Å². The Morgan fingerprint density at radius 2 is 0.972 bits per heavy atom. The van der Waals surface area contributed by atoms with Gasteiger partial charge in [0.15, 0.2) is 23.9 Å². The molecule has 8 heteroatoms. The van der Waals surface area contributed by atoms with Gasteiger partial charge in [0.25, 0.3) is 0 Å². The standard InChI is InChI=1S/C28H30N2O4S2/c1-3-17-35(31,32)28(36(33,34)18-4-2)27(29-25-15-13-21-9-5-7-11-23(21)19-25)30-26-16-14-22-10-6-8-12-24(22)20-26/h5-16,19-20,29-30H,3-4,17-18H2,1-2H3. The Hall–Kier alpha value is -3.36. The number of benzene rings is 4. The van der Waals surface area contributed by atoms with Crippen LogP contribution in [0.2, 0.25) is 0 Å². The summed E-state index contributed by atoms with van der Waals surface area (Å²) in [5.74, 6) is -0.608. The van der Waals surface area contributed by atoms with Crippen molar-refractivity contribution in [2.75, 3.05) is 22.1 Å². The van der Waals surface area contributed by atoms with Crippen LogP contribution in [-0.4, -0.2) is 28.3 Å². The molecule has 0 radical (unpaired) electrons. The van der Waals surface area contributed by atoms with Crippen LogP contribution in [0.5, 0.6) is 0 Å². The molecule has 0 spiro atoms. The molecule has 0 aliphatic carbocycles. The molecule has 4 aromatic rings. The Balaban J connectivity index is 1.91. The minimum Gasteiger partial charge on any atom is -0.340 e. The summed E-state index contributed by atoms with van der Waals surface area (Å²) in [5, 5.41) is 10.2. The molecule has 0 aliphatic rings. The summed E-state index contributed by atoms with van der Waals surface area (Å²) in [6.45, 7) is 3.43. The van der Waals surface area contributed by atoms with E-state index in [-0.39, 0.29) is 17.3 Å². The fourth-order valence-electron chi connectivity index (χ4n) is 4.18. The maximum Gasteiger partial charge on any atom is 0.199 e. The predicted octanol–water partition coefficient (Wildman–Crippen LogP) is 6.29. The summed E-state index contributed by atoms with van der Waals surface area (Å²) in [4.78, 5) is 0. The quantitative estimate of drug-likeness (QED) is 0.254. The summed E-state index contributed by atoms with van der Waals surface area (Å²) >= 11 is 0. The summed E-state index contributed by atoms with van der Waals surface area (Å²) in [6.07, 6.45) is 0.597. The number of hydrogen-bond donors (Lipinski definition) is 2. The average Bonchev–Trinajstić information content (AvgIpc) is 2.83. The van der Waals surface area contributed by atoms with Gasteiger partial charge in [-0.1, -0.05) is 74.5 Å². The minimum absolute atomic E-state index is 0.0672. The highest BCUT2D eigenvalue weighted by molar-refractivity contribution is 8.14. The number of rotatable bonds is 10. The average molecular weight is 523 g/mol. The molecule has 0 unspecified atom stereocenters. The zero-order valence-electron chi connectivity index (χ0n) is 20.4. The van der Waals surface area contributed by atoms with E-state index in [0.717, 1.165) is 21.5 Å². The molecule has 0 aliphatic heterocycles. The number of nitrogens with one attached hydrogen (secondary N) is 2. The molecule has 4 aromatic carbocycles. The lowest BCUT2D eigenvalue weighted by Crippen LogP contribution is -2.26. The number of hydrogen-bond acceptors (Lipinski definition) is 6. The molecule has 0 atom stereocenters. The van der Waals surface area contributed by atoms with Gasteiger partial charge in [0, 0.05) is 11.4 Å². The van der Waals surface area contributed by atoms with Gasteiger partial charge >= 0.3 is 0 Å². The summed E-state index contributed by atoms with van der Waals surface area (Å²) < 4.78 is 52.9. The third-order valence-corrected chi connectivity index (χ3v) is 10.7. The largest absolute Gasteiger partial charge is 0.340 e. The highest BCUT2D eigenvalue weighted by Gasteiger charge is 2.34. The van der Waals surface area contributed by atoms with Crippen molar-refractivity contribution in [3.63, 3.8) is 0 Å². The van der Waals surface area contributed by atoms with Crippen molar-refractivity contribution in [2.24, 2.45) is 0 Å². The molecule has 0 heterocycles. The van der Waals surface area contributed by atoms with Gasteiger partial charge < -0.3 is 10.6 Å². The van der Waals surface area contributed by atoms with Crippen LogP contribution in [0.3, 0.4) is 0 Å². The molecule has 2 N–H and O–H groups in total. The Kier molecular flexibility index (Phi) is 7.66. The molecule has 4 rings (SSSR count). The van der Waals surface area contributed by atoms with Crippen molar-refractivity contribution in [1.29, 1.82) is 0 Å². The highest BCUT2D eigenvalue weighted by Crippen LogP contribution is 2.28. The molecule has 36 heavy (non-hydrogen) atoms. The van der Waals surface area contributed by atoms with E-state index in [4.69, 9.17) is 0 Å². The van der Waals surface area contributed by atoms with Crippen LogP contribution in [0, 0.1) is 0 Å². The molecule has 0 aromatic heterocycles. The molecule has 6 nitrogen and oxygen atoms in total. The van der Waals surface area contributed by atoms with E-state index in [1.165, 1.54) is 0 Å². The first-order valence-corrected chi connectivity index (χ1v) is 15.3. The Bertz CT molecular complexity index is 1520. The van der Waals surface area contributed by atoms with Gasteiger partial charge in [-0.15, -0.1) is 0 Å². The zero-order chi connectivity index (χ0) is 25.8. The molecule has 0 amide bonds. The van der Waals surface area contributed by atoms with E-state index < -0.39 is 23.9 Å². The van der Waals surface area contributed by atoms with Gasteiger partial charge in [-0.25, -0.2) is 16.8 Å². The van der Waals surface area contributed by atoms with E-state index in [9.17, 15) is 16.8 Å². The van der Waals surface area contributed by atoms with Crippen molar-refractivity contribution < 1.29 is 16.8 Å². The van der Waals surface area contributed by atoms with E-state index in [0.29, 0.717) is 24.2 Å². The van der Waals surface area contributed by atoms with Gasteiger partial charge in [0.05, 0.1) is 11.5 Å². The van der Waals surface area contributed by atoms with Crippen molar-refractivity contribution in [1.82, 2.24) is 0 Å². The molecule has 0 saturated heterocycles. The van der Waals surface area contributed by atoms with E-state index >= 15 is 0 Å². The van der Waals surface area contributed by atoms with Crippen LogP contribution >= 0.6 is 0 Å². The number of fused-ring (bicyclic) bond motifs is 2. The van der Waals surface area contributed by atoms with E-state index in [1.54, 1.807) is 26.0 Å². The van der Waals surface area contributed by atoms with E-state index in [2.05, 4.69) is 10.6 Å². The van der Waals surface area contributed by atoms with Crippen molar-refractivity contribution in [3.8, 4) is 0 Å². The normalized spacial score (nSPS) is 11.9. The van der Waals surface area contributed by atoms with Crippen LogP contribution in [0.15, 0.2) is 95.0 Å². The third-order valence-electron chi connectivity index (χ3n) is 5.75. The van der Waals surface area contributed by atoms with Crippen LogP contribution in [-0.2, 0) is 19.7 Å². The van der Waals surface area contributed by atoms with Crippen molar-refractivity contribution in [3.05, 3.63) is 95.0 Å². The fraction of sp³-hybridized carbons (Fsp3) is 0.214. The first kappa shape index (κ1) is 25.7. The molecule has 0 bridgehead atoms. The number of sulfone groups is 2. The van der Waals surface area contributed by atoms with Gasteiger partial charge in [0.2, 0.25) is 0 Å². The second-order valence-electron chi connectivity index (χ2n) is 8.67. The third kappa shape index (κ3) is 5.71. The number of anilines is 2. The molecule has 0 fully saturated rings. The lowest BCUT2D eigenvalue weighted by Gasteiger charge is -2.20. The second-order valence-corrected chi connectivity index (χ2v) is 13.0. The van der Waals surface area contributed by atoms with Gasteiger partial charge in [-0.3, -0.25) is 0 Å². The topological polar surface area (TPSA) is 92.3 Å². The van der Waals surface area contributed by atoms with Gasteiger partial charge in [-0.2, -0.15) is 0 Å². The second kappa shape index (κ2) is 10.7. The Labute approximate surface area is 212 Å². The zero-order valence-corrected chi connectivity index (χ0v) is 22.0. The van der Waals surface area contributed by atoms with E-state index in [1.807, 2.05) is 72.8 Å². The predicted molar refractivity (Wildman–Crippen MR) is 150 cm³/mol. The van der Waals surface area contributed by atoms with Gasteiger partial charge in [-0.05, 0) is 58.7 Å². The smallest absolute Gasteiger partial charge is 0.199 e. The van der Waals surface area contributed by atoms with Crippen LogP contribution < -0.4 is 10.6 Å². The summed E-state index contributed by atoms with van der Waals surface area (Å²) in [7, 11) is -8.22. The fourth-order valence-corrected chi connectivity index (χ4v) is 8.50. The molecular formula is C28H30N2O4S2. The first-order chi connectivity index (χ1) is 17.2. The molecular weight excluding hydrogens is 492 g/mol.